The molecule has 0 saturated heterocycles. The summed E-state index contributed by atoms with van der Waals surface area (Å²) in [6, 6.07) is 0. The first-order valence-electron chi connectivity index (χ1n) is 2.76. The zero-order chi connectivity index (χ0) is 6.24. The minimum absolute atomic E-state index is 0.711. The Labute approximate surface area is 60.8 Å². The zero-order valence-electron chi connectivity index (χ0n) is 5.09. The second-order valence-corrected chi connectivity index (χ2v) is 2.82. The topological polar surface area (TPSA) is 9.23 Å². The van der Waals surface area contributed by atoms with Crippen LogP contribution in [0.3, 0.4) is 0 Å². The molecule has 0 amide bonds. The van der Waals surface area contributed by atoms with Gasteiger partial charge in [-0.15, -0.1) is 11.8 Å². The van der Waals surface area contributed by atoms with E-state index in [2.05, 4.69) is 24.0 Å². The lowest BCUT2D eigenvalue weighted by Crippen LogP contribution is -1.80. The van der Waals surface area contributed by atoms with Crippen molar-refractivity contribution in [1.82, 2.24) is 0 Å². The number of thioether (sulfide) groups is 1. The highest BCUT2D eigenvalue weighted by molar-refractivity contribution is 7.99. The first kappa shape index (κ1) is 8.66. The Hall–Kier alpha value is 0.660. The summed E-state index contributed by atoms with van der Waals surface area (Å²) >= 11 is 5.38. The lowest BCUT2D eigenvalue weighted by Gasteiger charge is -1.94. The Balaban J connectivity index is 2.53. The summed E-state index contributed by atoms with van der Waals surface area (Å²) in [6.45, 7) is 2.18. The van der Waals surface area contributed by atoms with Crippen LogP contribution in [0.25, 0.3) is 0 Å². The molecule has 0 unspecified atom stereocenters. The van der Waals surface area contributed by atoms with Crippen LogP contribution in [0, 0.1) is 0 Å². The average Bonchev–Trinajstić information content (AvgIpc) is 1.81. The number of rotatable bonds is 5. The predicted molar refractivity (Wildman–Crippen MR) is 42.3 cm³/mol. The van der Waals surface area contributed by atoms with Crippen molar-refractivity contribution >= 4 is 24.7 Å². The number of thiol groups is 1. The Morgan fingerprint density at radius 2 is 2.38 bits per heavy atom. The fourth-order valence-electron chi connectivity index (χ4n) is 0.343. The Morgan fingerprint density at radius 3 is 2.88 bits per heavy atom. The maximum atomic E-state index is 4.55. The summed E-state index contributed by atoms with van der Waals surface area (Å²) in [7, 11) is 0. The maximum absolute atomic E-state index is 4.55. The molecule has 0 aliphatic rings. The highest BCUT2D eigenvalue weighted by Crippen LogP contribution is 2.04. The molecule has 0 aliphatic carbocycles. The third-order valence-electron chi connectivity index (χ3n) is 0.778. The second-order valence-electron chi connectivity index (χ2n) is 1.51. The van der Waals surface area contributed by atoms with Gasteiger partial charge in [0.25, 0.3) is 0 Å². The summed E-state index contributed by atoms with van der Waals surface area (Å²) in [5.74, 6) is 1.90. The fraction of sp³-hybridized carbons (Fsp3) is 1.00. The van der Waals surface area contributed by atoms with Crippen molar-refractivity contribution < 1.29 is 4.18 Å². The van der Waals surface area contributed by atoms with E-state index in [4.69, 9.17) is 0 Å². The van der Waals surface area contributed by atoms with Crippen LogP contribution in [-0.4, -0.2) is 11.7 Å². The van der Waals surface area contributed by atoms with Gasteiger partial charge in [0.2, 0.25) is 0 Å². The van der Waals surface area contributed by atoms with Crippen molar-refractivity contribution in [1.29, 1.82) is 0 Å². The SMILES string of the molecule is CCCCSCOS. The van der Waals surface area contributed by atoms with Gasteiger partial charge in [0.05, 0.1) is 0 Å². The number of hydrogen-bond donors (Lipinski definition) is 1. The summed E-state index contributed by atoms with van der Waals surface area (Å²) < 4.78 is 4.55. The van der Waals surface area contributed by atoms with E-state index in [1.165, 1.54) is 18.6 Å². The Bertz CT molecular complexity index is 35.4. The van der Waals surface area contributed by atoms with Crippen LogP contribution >= 0.6 is 24.7 Å². The average molecular weight is 152 g/mol. The van der Waals surface area contributed by atoms with E-state index in [1.54, 1.807) is 11.8 Å². The molecular formula is C5H12OS2. The van der Waals surface area contributed by atoms with E-state index < -0.39 is 0 Å². The molecule has 50 valence electrons. The smallest absolute Gasteiger partial charge is 0.106 e. The largest absolute Gasteiger partial charge is 0.308 e. The van der Waals surface area contributed by atoms with Crippen LogP contribution in [-0.2, 0) is 4.18 Å². The van der Waals surface area contributed by atoms with Gasteiger partial charge in [0, 0.05) is 0 Å². The van der Waals surface area contributed by atoms with Crippen molar-refractivity contribution in [2.75, 3.05) is 11.7 Å². The van der Waals surface area contributed by atoms with Gasteiger partial charge in [-0.25, -0.2) is 0 Å². The molecule has 0 aromatic heterocycles. The van der Waals surface area contributed by atoms with Crippen molar-refractivity contribution in [3.05, 3.63) is 0 Å². The van der Waals surface area contributed by atoms with Crippen LogP contribution in [0.5, 0.6) is 0 Å². The van der Waals surface area contributed by atoms with Crippen molar-refractivity contribution in [3.63, 3.8) is 0 Å². The quantitative estimate of drug-likeness (QED) is 0.280. The fourth-order valence-corrected chi connectivity index (χ4v) is 1.25. The highest BCUT2D eigenvalue weighted by atomic mass is 32.2. The Morgan fingerprint density at radius 1 is 1.62 bits per heavy atom. The lowest BCUT2D eigenvalue weighted by atomic mass is 10.4. The minimum Gasteiger partial charge on any atom is -0.308 e. The normalized spacial score (nSPS) is 9.75. The molecule has 0 N–H and O–H groups in total. The lowest BCUT2D eigenvalue weighted by molar-refractivity contribution is 0.474. The van der Waals surface area contributed by atoms with Gasteiger partial charge >= 0.3 is 0 Å². The summed E-state index contributed by atoms with van der Waals surface area (Å²) in [5, 5.41) is 0. The first-order valence-corrected chi connectivity index (χ1v) is 4.28. The van der Waals surface area contributed by atoms with Gasteiger partial charge in [-0.1, -0.05) is 13.3 Å². The molecule has 0 atom stereocenters. The molecular weight excluding hydrogens is 140 g/mol. The molecule has 0 aliphatic heterocycles. The van der Waals surface area contributed by atoms with Gasteiger partial charge < -0.3 is 4.18 Å². The van der Waals surface area contributed by atoms with Crippen LogP contribution < -0.4 is 0 Å². The summed E-state index contributed by atoms with van der Waals surface area (Å²) in [5.41, 5.74) is 0. The number of unbranched alkanes of at least 4 members (excludes halogenated alkanes) is 1. The molecule has 0 bridgehead atoms. The molecule has 1 nitrogen and oxygen atoms in total. The minimum atomic E-state index is 0.711. The van der Waals surface area contributed by atoms with Crippen LogP contribution in [0.4, 0.5) is 0 Å². The molecule has 3 heteroatoms. The molecule has 0 spiro atoms. The molecule has 0 aromatic rings. The van der Waals surface area contributed by atoms with Crippen LogP contribution in [0.1, 0.15) is 19.8 Å². The molecule has 0 saturated carbocycles. The van der Waals surface area contributed by atoms with Crippen LogP contribution in [0.2, 0.25) is 0 Å². The standard InChI is InChI=1S/C5H12OS2/c1-2-3-4-8-5-6-7/h7H,2-5H2,1H3. The molecule has 8 heavy (non-hydrogen) atoms. The van der Waals surface area contributed by atoms with Gasteiger partial charge in [0.1, 0.15) is 5.94 Å². The third-order valence-corrected chi connectivity index (χ3v) is 1.94. The molecule has 0 rings (SSSR count). The highest BCUT2D eigenvalue weighted by Gasteiger charge is 1.83. The third kappa shape index (κ3) is 6.66. The summed E-state index contributed by atoms with van der Waals surface area (Å²) in [6.07, 6.45) is 2.54. The molecule has 0 fully saturated rings. The van der Waals surface area contributed by atoms with Crippen LogP contribution in [0.15, 0.2) is 0 Å². The maximum Gasteiger partial charge on any atom is 0.106 e. The van der Waals surface area contributed by atoms with Gasteiger partial charge in [0.15, 0.2) is 0 Å². The van der Waals surface area contributed by atoms with E-state index in [1.807, 2.05) is 0 Å². The van der Waals surface area contributed by atoms with E-state index in [9.17, 15) is 0 Å². The van der Waals surface area contributed by atoms with Crippen molar-refractivity contribution in [3.8, 4) is 0 Å². The second kappa shape index (κ2) is 7.66. The predicted octanol–water partition coefficient (Wildman–Crippen LogP) is 2.34. The Kier molecular flexibility index (Phi) is 8.29. The van der Waals surface area contributed by atoms with E-state index in [0.29, 0.717) is 5.94 Å². The van der Waals surface area contributed by atoms with E-state index in [-0.39, 0.29) is 0 Å². The first-order chi connectivity index (χ1) is 3.91. The molecule has 0 radical (unpaired) electrons. The van der Waals surface area contributed by atoms with Crippen molar-refractivity contribution in [2.45, 2.75) is 19.8 Å². The number of hydrogen-bond acceptors (Lipinski definition) is 3. The summed E-state index contributed by atoms with van der Waals surface area (Å²) in [4.78, 5) is 0. The van der Waals surface area contributed by atoms with E-state index >= 15 is 0 Å². The monoisotopic (exact) mass is 152 g/mol. The molecule has 0 aromatic carbocycles. The molecule has 0 heterocycles. The van der Waals surface area contributed by atoms with E-state index in [0.717, 1.165) is 0 Å². The zero-order valence-corrected chi connectivity index (χ0v) is 6.80. The van der Waals surface area contributed by atoms with Crippen molar-refractivity contribution in [2.24, 2.45) is 0 Å². The van der Waals surface area contributed by atoms with Gasteiger partial charge in [-0.05, 0) is 25.1 Å². The van der Waals surface area contributed by atoms with Gasteiger partial charge in [-0.3, -0.25) is 0 Å². The van der Waals surface area contributed by atoms with Gasteiger partial charge in [-0.2, -0.15) is 0 Å².